The summed E-state index contributed by atoms with van der Waals surface area (Å²) in [4.78, 5) is 11.1. The van der Waals surface area contributed by atoms with E-state index in [9.17, 15) is 20.1 Å². The van der Waals surface area contributed by atoms with E-state index >= 15 is 0 Å². The van der Waals surface area contributed by atoms with Gasteiger partial charge in [-0.25, -0.2) is 0 Å². The molecule has 0 bridgehead atoms. The summed E-state index contributed by atoms with van der Waals surface area (Å²) in [6, 6.07) is 0. The van der Waals surface area contributed by atoms with Gasteiger partial charge in [-0.1, -0.05) is 50.5 Å². The van der Waals surface area contributed by atoms with Crippen molar-refractivity contribution in [2.24, 2.45) is 11.8 Å². The third kappa shape index (κ3) is 8.47. The van der Waals surface area contributed by atoms with E-state index in [4.69, 9.17) is 0 Å². The minimum atomic E-state index is -0.568. The molecule has 1 aliphatic rings. The number of rotatable bonds is 12. The molecule has 0 amide bonds. The zero-order chi connectivity index (χ0) is 19.4. The molecule has 0 saturated heterocycles. The SMILES string of the molecule is CCCCC[C@H](O)/C=C/[C@@H]1[C@H](C/C=C\CCCC(=O)OC)[C@@H](O)C[C@H]1O. The number of carbonyl (C=O) groups excluding carboxylic acids is 1. The van der Waals surface area contributed by atoms with Gasteiger partial charge in [0, 0.05) is 18.8 Å². The molecule has 0 aromatic rings. The molecule has 0 unspecified atom stereocenters. The van der Waals surface area contributed by atoms with Gasteiger partial charge in [0.1, 0.15) is 0 Å². The van der Waals surface area contributed by atoms with Crippen molar-refractivity contribution in [2.75, 3.05) is 7.11 Å². The molecule has 0 radical (unpaired) electrons. The minimum Gasteiger partial charge on any atom is -0.469 e. The van der Waals surface area contributed by atoms with E-state index in [1.165, 1.54) is 7.11 Å². The van der Waals surface area contributed by atoms with Gasteiger partial charge in [-0.2, -0.15) is 0 Å². The number of aliphatic hydroxyl groups is 3. The Hall–Kier alpha value is -1.17. The summed E-state index contributed by atoms with van der Waals surface area (Å²) >= 11 is 0. The van der Waals surface area contributed by atoms with E-state index in [-0.39, 0.29) is 17.8 Å². The molecule has 1 saturated carbocycles. The number of allylic oxidation sites excluding steroid dienone is 2. The normalized spacial score (nSPS) is 27.4. The Balaban J connectivity index is 2.44. The number of methoxy groups -OCH3 is 1. The van der Waals surface area contributed by atoms with E-state index in [0.29, 0.717) is 19.3 Å². The van der Waals surface area contributed by atoms with Crippen molar-refractivity contribution in [2.45, 2.75) is 83.0 Å². The molecule has 0 aromatic heterocycles. The standard InChI is InChI=1S/C21H36O5/c1-3-4-7-10-16(22)13-14-18-17(19(23)15-20(18)24)11-8-5-6-9-12-21(25)26-2/h5,8,13-14,16-20,22-24H,3-4,6-7,9-12,15H2,1-2H3/b8-5-,14-13+/t16-,17-,18+,19-,20+/m0/s1. The highest BCUT2D eigenvalue weighted by molar-refractivity contribution is 5.69. The van der Waals surface area contributed by atoms with Crippen LogP contribution in [0, 0.1) is 11.8 Å². The summed E-state index contributed by atoms with van der Waals surface area (Å²) in [6.07, 6.45) is 13.1. The van der Waals surface area contributed by atoms with Gasteiger partial charge in [-0.05, 0) is 31.6 Å². The lowest BCUT2D eigenvalue weighted by atomic mass is 9.89. The molecule has 1 fully saturated rings. The number of hydrogen-bond acceptors (Lipinski definition) is 5. The lowest BCUT2D eigenvalue weighted by Gasteiger charge is -2.19. The maximum absolute atomic E-state index is 11.1. The molecule has 0 heterocycles. The fourth-order valence-corrected chi connectivity index (χ4v) is 3.50. The third-order valence-corrected chi connectivity index (χ3v) is 5.13. The molecule has 5 heteroatoms. The molecule has 1 rings (SSSR count). The van der Waals surface area contributed by atoms with E-state index in [1.807, 2.05) is 18.2 Å². The summed E-state index contributed by atoms with van der Waals surface area (Å²) in [6.45, 7) is 2.13. The smallest absolute Gasteiger partial charge is 0.305 e. The first-order chi connectivity index (χ1) is 12.5. The quantitative estimate of drug-likeness (QED) is 0.280. The van der Waals surface area contributed by atoms with Crippen LogP contribution in [0.1, 0.15) is 64.7 Å². The van der Waals surface area contributed by atoms with Crippen LogP contribution in [0.25, 0.3) is 0 Å². The molecule has 150 valence electrons. The zero-order valence-corrected chi connectivity index (χ0v) is 16.2. The Kier molecular flexibility index (Phi) is 11.5. The average molecular weight is 369 g/mol. The van der Waals surface area contributed by atoms with Crippen molar-refractivity contribution >= 4 is 5.97 Å². The highest BCUT2D eigenvalue weighted by Crippen LogP contribution is 2.36. The van der Waals surface area contributed by atoms with Gasteiger partial charge < -0.3 is 20.1 Å². The van der Waals surface area contributed by atoms with Gasteiger partial charge in [-0.15, -0.1) is 0 Å². The molecule has 1 aliphatic carbocycles. The summed E-state index contributed by atoms with van der Waals surface area (Å²) < 4.78 is 4.60. The predicted molar refractivity (Wildman–Crippen MR) is 103 cm³/mol. The molecule has 5 atom stereocenters. The lowest BCUT2D eigenvalue weighted by Crippen LogP contribution is -2.20. The number of carbonyl (C=O) groups is 1. The van der Waals surface area contributed by atoms with Gasteiger partial charge >= 0.3 is 5.97 Å². The second-order valence-corrected chi connectivity index (χ2v) is 7.24. The molecule has 3 N–H and O–H groups in total. The fraction of sp³-hybridized carbons (Fsp3) is 0.762. The second kappa shape index (κ2) is 13.1. The molecule has 0 spiro atoms. The molecule has 5 nitrogen and oxygen atoms in total. The average Bonchev–Trinajstić information content (AvgIpc) is 2.89. The number of ether oxygens (including phenoxy) is 1. The Morgan fingerprint density at radius 2 is 1.96 bits per heavy atom. The van der Waals surface area contributed by atoms with Gasteiger partial charge in [0.25, 0.3) is 0 Å². The monoisotopic (exact) mass is 368 g/mol. The van der Waals surface area contributed by atoms with Crippen LogP contribution in [0.15, 0.2) is 24.3 Å². The van der Waals surface area contributed by atoms with Gasteiger partial charge in [0.2, 0.25) is 0 Å². The van der Waals surface area contributed by atoms with Crippen LogP contribution in [-0.2, 0) is 9.53 Å². The number of hydrogen-bond donors (Lipinski definition) is 3. The highest BCUT2D eigenvalue weighted by atomic mass is 16.5. The predicted octanol–water partition coefficient (Wildman–Crippen LogP) is 3.13. The van der Waals surface area contributed by atoms with Crippen molar-refractivity contribution in [3.63, 3.8) is 0 Å². The third-order valence-electron chi connectivity index (χ3n) is 5.13. The van der Waals surface area contributed by atoms with Crippen LogP contribution in [0.3, 0.4) is 0 Å². The van der Waals surface area contributed by atoms with Crippen molar-refractivity contribution in [1.82, 2.24) is 0 Å². The van der Waals surface area contributed by atoms with E-state index < -0.39 is 18.3 Å². The van der Waals surface area contributed by atoms with Gasteiger partial charge in [0.15, 0.2) is 0 Å². The van der Waals surface area contributed by atoms with Gasteiger partial charge in [0.05, 0.1) is 25.4 Å². The Morgan fingerprint density at radius 3 is 2.65 bits per heavy atom. The summed E-state index contributed by atoms with van der Waals surface area (Å²) in [5.74, 6) is -0.373. The number of aliphatic hydroxyl groups excluding tert-OH is 3. The fourth-order valence-electron chi connectivity index (χ4n) is 3.50. The van der Waals surface area contributed by atoms with Crippen LogP contribution < -0.4 is 0 Å². The van der Waals surface area contributed by atoms with Crippen molar-refractivity contribution in [1.29, 1.82) is 0 Å². The first-order valence-electron chi connectivity index (χ1n) is 9.93. The molecule has 0 aromatic carbocycles. The first-order valence-corrected chi connectivity index (χ1v) is 9.93. The highest BCUT2D eigenvalue weighted by Gasteiger charge is 2.39. The Labute approximate surface area is 157 Å². The molecule has 0 aliphatic heterocycles. The summed E-state index contributed by atoms with van der Waals surface area (Å²) in [5.41, 5.74) is 0. The molecular weight excluding hydrogens is 332 g/mol. The van der Waals surface area contributed by atoms with E-state index in [2.05, 4.69) is 11.7 Å². The zero-order valence-electron chi connectivity index (χ0n) is 16.2. The summed E-state index contributed by atoms with van der Waals surface area (Å²) in [5, 5.41) is 30.5. The lowest BCUT2D eigenvalue weighted by molar-refractivity contribution is -0.140. The first kappa shape index (κ1) is 22.9. The summed E-state index contributed by atoms with van der Waals surface area (Å²) in [7, 11) is 1.39. The van der Waals surface area contributed by atoms with Crippen molar-refractivity contribution in [3.8, 4) is 0 Å². The Morgan fingerprint density at radius 1 is 1.19 bits per heavy atom. The molecular formula is C21H36O5. The topological polar surface area (TPSA) is 87.0 Å². The minimum absolute atomic E-state index is 0.0408. The number of esters is 1. The van der Waals surface area contributed by atoms with Crippen molar-refractivity contribution < 1.29 is 24.9 Å². The van der Waals surface area contributed by atoms with Gasteiger partial charge in [-0.3, -0.25) is 4.79 Å². The van der Waals surface area contributed by atoms with Crippen LogP contribution in [0.2, 0.25) is 0 Å². The largest absolute Gasteiger partial charge is 0.469 e. The van der Waals surface area contributed by atoms with E-state index in [0.717, 1.165) is 38.5 Å². The van der Waals surface area contributed by atoms with Crippen LogP contribution in [0.5, 0.6) is 0 Å². The van der Waals surface area contributed by atoms with E-state index in [1.54, 1.807) is 6.08 Å². The molecule has 26 heavy (non-hydrogen) atoms. The maximum Gasteiger partial charge on any atom is 0.305 e. The van der Waals surface area contributed by atoms with Crippen LogP contribution >= 0.6 is 0 Å². The second-order valence-electron chi connectivity index (χ2n) is 7.24. The van der Waals surface area contributed by atoms with Crippen molar-refractivity contribution in [3.05, 3.63) is 24.3 Å². The van der Waals surface area contributed by atoms with Crippen LogP contribution in [0.4, 0.5) is 0 Å². The number of unbranched alkanes of at least 4 members (excludes halogenated alkanes) is 3. The Bertz CT molecular complexity index is 446. The maximum atomic E-state index is 11.1. The van der Waals surface area contributed by atoms with Crippen LogP contribution in [-0.4, -0.2) is 46.7 Å².